The maximum atomic E-state index is 13.1. The van der Waals surface area contributed by atoms with Gasteiger partial charge in [0, 0.05) is 25.0 Å². The molecule has 0 spiro atoms. The molecule has 2 heterocycles. The van der Waals surface area contributed by atoms with Crippen molar-refractivity contribution in [2.45, 2.75) is 58.4 Å². The summed E-state index contributed by atoms with van der Waals surface area (Å²) in [5.41, 5.74) is 1.96. The van der Waals surface area contributed by atoms with Gasteiger partial charge in [-0.2, -0.15) is 0 Å². The molecule has 6 nitrogen and oxygen atoms in total. The maximum absolute atomic E-state index is 13.1. The van der Waals surface area contributed by atoms with E-state index in [9.17, 15) is 9.59 Å². The molecule has 2 fully saturated rings. The Morgan fingerprint density at radius 2 is 1.76 bits per heavy atom. The van der Waals surface area contributed by atoms with Gasteiger partial charge in [0.05, 0.1) is 12.2 Å². The van der Waals surface area contributed by atoms with E-state index in [0.717, 1.165) is 48.6 Å². The molecule has 0 bridgehead atoms. The molecule has 1 aromatic rings. The van der Waals surface area contributed by atoms with Crippen LogP contribution < -0.4 is 15.0 Å². The number of nitrogens with one attached hydrogen (secondary N) is 1. The predicted octanol–water partition coefficient (Wildman–Crippen LogP) is 3.72. The second kappa shape index (κ2) is 8.64. The molecular formula is C23H33N3O3. The highest BCUT2D eigenvalue weighted by Crippen LogP contribution is 2.33. The van der Waals surface area contributed by atoms with Crippen molar-refractivity contribution < 1.29 is 14.3 Å². The van der Waals surface area contributed by atoms with Crippen LogP contribution in [-0.2, 0) is 4.79 Å². The molecule has 0 aromatic heterocycles. The molecule has 3 amide bonds. The largest absolute Gasteiger partial charge is 0.490 e. The Morgan fingerprint density at radius 3 is 2.48 bits per heavy atom. The molecule has 1 saturated carbocycles. The number of carbonyl (C=O) groups is 2. The highest BCUT2D eigenvalue weighted by molar-refractivity contribution is 5.94. The lowest BCUT2D eigenvalue weighted by Gasteiger charge is -2.38. The smallest absolute Gasteiger partial charge is 0.324 e. The fourth-order valence-electron chi connectivity index (χ4n) is 4.75. The highest BCUT2D eigenvalue weighted by Gasteiger charge is 2.33. The Morgan fingerprint density at radius 1 is 1.03 bits per heavy atom. The summed E-state index contributed by atoms with van der Waals surface area (Å²) in [5, 5.41) is 3.27. The topological polar surface area (TPSA) is 61.9 Å². The number of anilines is 1. The molecule has 6 heteroatoms. The van der Waals surface area contributed by atoms with Gasteiger partial charge >= 0.3 is 6.03 Å². The fourth-order valence-corrected chi connectivity index (χ4v) is 4.75. The third-order valence-electron chi connectivity index (χ3n) is 6.71. The van der Waals surface area contributed by atoms with E-state index in [-0.39, 0.29) is 17.9 Å². The summed E-state index contributed by atoms with van der Waals surface area (Å²) in [7, 11) is 0. The molecule has 0 radical (unpaired) electrons. The number of benzene rings is 1. The van der Waals surface area contributed by atoms with Crippen LogP contribution in [0.5, 0.6) is 5.75 Å². The van der Waals surface area contributed by atoms with Crippen molar-refractivity contribution in [2.75, 3.05) is 31.1 Å². The van der Waals surface area contributed by atoms with Gasteiger partial charge in [-0.1, -0.05) is 13.0 Å². The number of aryl methyl sites for hydroxylation is 1. The lowest BCUT2D eigenvalue weighted by Crippen LogP contribution is -2.51. The minimum atomic E-state index is 0.0256. The van der Waals surface area contributed by atoms with Gasteiger partial charge in [-0.05, 0) is 69.1 Å². The lowest BCUT2D eigenvalue weighted by atomic mass is 9.86. The van der Waals surface area contributed by atoms with Gasteiger partial charge in [0.1, 0.15) is 12.4 Å². The van der Waals surface area contributed by atoms with Crippen LogP contribution >= 0.6 is 0 Å². The number of amides is 3. The average Bonchev–Trinajstić information content (AvgIpc) is 2.74. The molecule has 29 heavy (non-hydrogen) atoms. The number of carbonyl (C=O) groups excluding carboxylic acids is 2. The number of piperidine rings is 1. The van der Waals surface area contributed by atoms with Crippen LogP contribution in [0.1, 0.15) is 51.0 Å². The predicted molar refractivity (Wildman–Crippen MR) is 113 cm³/mol. The molecule has 2 aliphatic heterocycles. The normalized spacial score (nSPS) is 25.2. The molecule has 3 aliphatic rings. The Kier molecular flexibility index (Phi) is 5.97. The van der Waals surface area contributed by atoms with Gasteiger partial charge < -0.3 is 15.0 Å². The van der Waals surface area contributed by atoms with Gasteiger partial charge in [0.15, 0.2) is 0 Å². The number of hydrogen-bond acceptors (Lipinski definition) is 3. The summed E-state index contributed by atoms with van der Waals surface area (Å²) in [5.74, 6) is 1.76. The fraction of sp³-hybridized carbons (Fsp3) is 0.652. The van der Waals surface area contributed by atoms with E-state index in [1.54, 1.807) is 0 Å². The van der Waals surface area contributed by atoms with E-state index < -0.39 is 0 Å². The second-order valence-corrected chi connectivity index (χ2v) is 8.98. The van der Waals surface area contributed by atoms with E-state index in [1.165, 1.54) is 12.8 Å². The second-order valence-electron chi connectivity index (χ2n) is 8.98. The van der Waals surface area contributed by atoms with Crippen LogP contribution in [0.2, 0.25) is 0 Å². The highest BCUT2D eigenvalue weighted by atomic mass is 16.5. The summed E-state index contributed by atoms with van der Waals surface area (Å²) < 4.78 is 5.71. The minimum absolute atomic E-state index is 0.0256. The van der Waals surface area contributed by atoms with Crippen molar-refractivity contribution >= 4 is 17.6 Å². The van der Waals surface area contributed by atoms with E-state index in [4.69, 9.17) is 4.74 Å². The van der Waals surface area contributed by atoms with Crippen molar-refractivity contribution in [3.8, 4) is 5.75 Å². The molecule has 158 valence electrons. The SMILES string of the molecule is Cc1ccc2c(c1)N(C(=O)N1CCC(C(=O)NC3CCC(C)CC3)CC1)CCO2. The number of likely N-dealkylation sites (tertiary alicyclic amines) is 1. The van der Waals surface area contributed by atoms with Gasteiger partial charge in [-0.3, -0.25) is 9.69 Å². The summed E-state index contributed by atoms with van der Waals surface area (Å²) in [6.07, 6.45) is 6.09. The van der Waals surface area contributed by atoms with Gasteiger partial charge in [0.2, 0.25) is 5.91 Å². The molecule has 1 saturated heterocycles. The molecular weight excluding hydrogens is 366 g/mol. The van der Waals surface area contributed by atoms with E-state index in [1.807, 2.05) is 34.9 Å². The lowest BCUT2D eigenvalue weighted by molar-refractivity contribution is -0.127. The van der Waals surface area contributed by atoms with Crippen molar-refractivity contribution in [2.24, 2.45) is 11.8 Å². The Labute approximate surface area is 173 Å². The summed E-state index contributed by atoms with van der Waals surface area (Å²) >= 11 is 0. The van der Waals surface area contributed by atoms with Gasteiger partial charge in [-0.25, -0.2) is 4.79 Å². The van der Waals surface area contributed by atoms with Crippen molar-refractivity contribution in [1.29, 1.82) is 0 Å². The number of urea groups is 1. The molecule has 1 N–H and O–H groups in total. The van der Waals surface area contributed by atoms with Crippen molar-refractivity contribution in [3.63, 3.8) is 0 Å². The molecule has 4 rings (SSSR count). The number of rotatable bonds is 2. The summed E-state index contributed by atoms with van der Waals surface area (Å²) in [6.45, 7) is 6.66. The number of nitrogens with zero attached hydrogens (tertiary/aromatic N) is 2. The van der Waals surface area contributed by atoms with Crippen LogP contribution in [0.25, 0.3) is 0 Å². The monoisotopic (exact) mass is 399 g/mol. The first-order valence-corrected chi connectivity index (χ1v) is 11.1. The zero-order valence-corrected chi connectivity index (χ0v) is 17.7. The summed E-state index contributed by atoms with van der Waals surface area (Å²) in [4.78, 5) is 29.6. The molecule has 0 unspecified atom stereocenters. The van der Waals surface area contributed by atoms with E-state index >= 15 is 0 Å². The van der Waals surface area contributed by atoms with Crippen LogP contribution in [0.3, 0.4) is 0 Å². The number of ether oxygens (including phenoxy) is 1. The summed E-state index contributed by atoms with van der Waals surface area (Å²) in [6, 6.07) is 6.32. The van der Waals surface area contributed by atoms with Crippen molar-refractivity contribution in [1.82, 2.24) is 10.2 Å². The molecule has 1 aromatic carbocycles. The Bertz CT molecular complexity index is 750. The first-order valence-electron chi connectivity index (χ1n) is 11.1. The molecule has 1 aliphatic carbocycles. The Hall–Kier alpha value is -2.24. The first kappa shape index (κ1) is 20.0. The van der Waals surface area contributed by atoms with E-state index in [0.29, 0.717) is 32.3 Å². The van der Waals surface area contributed by atoms with Gasteiger partial charge in [-0.15, -0.1) is 0 Å². The third-order valence-corrected chi connectivity index (χ3v) is 6.71. The van der Waals surface area contributed by atoms with Crippen LogP contribution in [0, 0.1) is 18.8 Å². The zero-order chi connectivity index (χ0) is 20.4. The van der Waals surface area contributed by atoms with Crippen molar-refractivity contribution in [3.05, 3.63) is 23.8 Å². The molecule has 0 atom stereocenters. The number of hydrogen-bond donors (Lipinski definition) is 1. The van der Waals surface area contributed by atoms with Crippen LogP contribution in [0.15, 0.2) is 18.2 Å². The first-order chi connectivity index (χ1) is 14.0. The third kappa shape index (κ3) is 4.51. The van der Waals surface area contributed by atoms with Crippen LogP contribution in [-0.4, -0.2) is 49.1 Å². The standard InChI is InChI=1S/C23H33N3O3/c1-16-3-6-19(7-4-16)24-22(27)18-9-11-25(12-10-18)23(28)26-13-14-29-21-8-5-17(2)15-20(21)26/h5,8,15-16,18-19H,3-4,6-7,9-14H2,1-2H3,(H,24,27). The maximum Gasteiger partial charge on any atom is 0.324 e. The quantitative estimate of drug-likeness (QED) is 0.824. The van der Waals surface area contributed by atoms with E-state index in [2.05, 4.69) is 12.2 Å². The minimum Gasteiger partial charge on any atom is -0.490 e. The Balaban J connectivity index is 1.31. The number of fused-ring (bicyclic) bond motifs is 1. The zero-order valence-electron chi connectivity index (χ0n) is 17.7. The average molecular weight is 400 g/mol. The van der Waals surface area contributed by atoms with Gasteiger partial charge in [0.25, 0.3) is 0 Å². The van der Waals surface area contributed by atoms with Crippen LogP contribution in [0.4, 0.5) is 10.5 Å².